The summed E-state index contributed by atoms with van der Waals surface area (Å²) in [6.07, 6.45) is 0.876. The first-order valence-electron chi connectivity index (χ1n) is 9.11. The Labute approximate surface area is 154 Å². The van der Waals surface area contributed by atoms with E-state index in [1.54, 1.807) is 0 Å². The van der Waals surface area contributed by atoms with E-state index in [9.17, 15) is 4.79 Å². The molecule has 5 heteroatoms. The molecule has 1 unspecified atom stereocenters. The van der Waals surface area contributed by atoms with Gasteiger partial charge in [0, 0.05) is 13.0 Å². The molecule has 1 heterocycles. The number of ether oxygens (including phenoxy) is 2. The van der Waals surface area contributed by atoms with Crippen LogP contribution in [-0.2, 0) is 6.54 Å². The molecular weight excluding hydrogens is 328 g/mol. The van der Waals surface area contributed by atoms with E-state index in [4.69, 9.17) is 9.47 Å². The second kappa shape index (κ2) is 8.61. The molecule has 0 saturated carbocycles. The molecule has 138 valence electrons. The van der Waals surface area contributed by atoms with Crippen molar-refractivity contribution in [2.45, 2.75) is 32.9 Å². The zero-order valence-corrected chi connectivity index (χ0v) is 15.3. The summed E-state index contributed by atoms with van der Waals surface area (Å²) in [4.78, 5) is 12.4. The molecule has 2 amide bonds. The number of carbonyl (C=O) groups is 1. The standard InChI is InChI=1S/C21H26N2O3/c1-15(2)20(17-7-4-3-5-8-17)23-21(24)22-14-16-9-10-18-19(13-16)26-12-6-11-25-18/h3-5,7-10,13,15,20H,6,11-12,14H2,1-2H3,(H2,22,23,24). The topological polar surface area (TPSA) is 59.6 Å². The van der Waals surface area contributed by atoms with E-state index in [2.05, 4.69) is 24.5 Å². The van der Waals surface area contributed by atoms with Gasteiger partial charge in [-0.25, -0.2) is 4.79 Å². The largest absolute Gasteiger partial charge is 0.490 e. The maximum atomic E-state index is 12.4. The fourth-order valence-electron chi connectivity index (χ4n) is 2.99. The minimum atomic E-state index is -0.181. The molecule has 1 aliphatic rings. The number of amides is 2. The van der Waals surface area contributed by atoms with Crippen molar-refractivity contribution in [1.29, 1.82) is 0 Å². The first kappa shape index (κ1) is 18.1. The highest BCUT2D eigenvalue weighted by atomic mass is 16.5. The molecule has 2 aromatic carbocycles. The van der Waals surface area contributed by atoms with E-state index in [0.717, 1.165) is 29.0 Å². The highest BCUT2D eigenvalue weighted by Gasteiger charge is 2.18. The zero-order valence-electron chi connectivity index (χ0n) is 15.3. The Hall–Kier alpha value is -2.69. The summed E-state index contributed by atoms with van der Waals surface area (Å²) in [5.74, 6) is 1.80. The van der Waals surface area contributed by atoms with Gasteiger partial charge in [0.25, 0.3) is 0 Å². The zero-order chi connectivity index (χ0) is 18.4. The summed E-state index contributed by atoms with van der Waals surface area (Å²) < 4.78 is 11.3. The van der Waals surface area contributed by atoms with E-state index < -0.39 is 0 Å². The second-order valence-electron chi connectivity index (χ2n) is 6.79. The lowest BCUT2D eigenvalue weighted by molar-refractivity contribution is 0.232. The van der Waals surface area contributed by atoms with Crippen molar-refractivity contribution in [3.8, 4) is 11.5 Å². The minimum absolute atomic E-state index is 0.0278. The van der Waals surface area contributed by atoms with Crippen LogP contribution in [0.3, 0.4) is 0 Å². The first-order chi connectivity index (χ1) is 12.6. The Morgan fingerprint density at radius 2 is 1.77 bits per heavy atom. The van der Waals surface area contributed by atoms with E-state index in [1.807, 2.05) is 48.5 Å². The Bertz CT molecular complexity index is 731. The van der Waals surface area contributed by atoms with E-state index in [-0.39, 0.29) is 12.1 Å². The van der Waals surface area contributed by atoms with E-state index >= 15 is 0 Å². The van der Waals surface area contributed by atoms with Crippen molar-refractivity contribution in [1.82, 2.24) is 10.6 Å². The SMILES string of the molecule is CC(C)C(NC(=O)NCc1ccc2c(c1)OCCCO2)c1ccccc1. The second-order valence-corrected chi connectivity index (χ2v) is 6.79. The number of hydrogen-bond donors (Lipinski definition) is 2. The molecule has 0 fully saturated rings. The van der Waals surface area contributed by atoms with Gasteiger partial charge in [0.1, 0.15) is 0 Å². The van der Waals surface area contributed by atoms with Gasteiger partial charge in [-0.2, -0.15) is 0 Å². The van der Waals surface area contributed by atoms with Gasteiger partial charge >= 0.3 is 6.03 Å². The lowest BCUT2D eigenvalue weighted by Gasteiger charge is -2.23. The number of carbonyl (C=O) groups excluding carboxylic acids is 1. The van der Waals surface area contributed by atoms with Crippen molar-refractivity contribution in [3.63, 3.8) is 0 Å². The first-order valence-corrected chi connectivity index (χ1v) is 9.11. The van der Waals surface area contributed by atoms with Crippen molar-refractivity contribution >= 4 is 6.03 Å². The van der Waals surface area contributed by atoms with Gasteiger partial charge in [-0.1, -0.05) is 50.2 Å². The van der Waals surface area contributed by atoms with Gasteiger partial charge in [0.15, 0.2) is 11.5 Å². The quantitative estimate of drug-likeness (QED) is 0.852. The number of hydrogen-bond acceptors (Lipinski definition) is 3. The van der Waals surface area contributed by atoms with Crippen LogP contribution in [0.5, 0.6) is 11.5 Å². The maximum absolute atomic E-state index is 12.4. The molecule has 0 spiro atoms. The van der Waals surface area contributed by atoms with Crippen LogP contribution < -0.4 is 20.1 Å². The average Bonchev–Trinajstić information content (AvgIpc) is 2.89. The Balaban J connectivity index is 1.59. The fourth-order valence-corrected chi connectivity index (χ4v) is 2.99. The number of urea groups is 1. The highest BCUT2D eigenvalue weighted by Crippen LogP contribution is 2.30. The molecule has 5 nitrogen and oxygen atoms in total. The van der Waals surface area contributed by atoms with Crippen LogP contribution in [-0.4, -0.2) is 19.2 Å². The summed E-state index contributed by atoms with van der Waals surface area (Å²) in [5, 5.41) is 6.00. The lowest BCUT2D eigenvalue weighted by atomic mass is 9.96. The number of rotatable bonds is 5. The fraction of sp³-hybridized carbons (Fsp3) is 0.381. The smallest absolute Gasteiger partial charge is 0.315 e. The van der Waals surface area contributed by atoms with Crippen LogP contribution in [0.4, 0.5) is 4.79 Å². The predicted molar refractivity (Wildman–Crippen MR) is 101 cm³/mol. The van der Waals surface area contributed by atoms with Crippen molar-refractivity contribution < 1.29 is 14.3 Å². The van der Waals surface area contributed by atoms with Crippen LogP contribution in [0.15, 0.2) is 48.5 Å². The Morgan fingerprint density at radius 3 is 2.50 bits per heavy atom. The summed E-state index contributed by atoms with van der Waals surface area (Å²) in [7, 11) is 0. The van der Waals surface area contributed by atoms with Gasteiger partial charge in [-0.05, 0) is 29.2 Å². The van der Waals surface area contributed by atoms with Crippen molar-refractivity contribution in [2.75, 3.05) is 13.2 Å². The third-order valence-corrected chi connectivity index (χ3v) is 4.38. The maximum Gasteiger partial charge on any atom is 0.315 e. The summed E-state index contributed by atoms with van der Waals surface area (Å²) >= 11 is 0. The Kier molecular flexibility index (Phi) is 6.00. The molecule has 0 aliphatic carbocycles. The third kappa shape index (κ3) is 4.69. The van der Waals surface area contributed by atoms with Gasteiger partial charge in [-0.3, -0.25) is 0 Å². The third-order valence-electron chi connectivity index (χ3n) is 4.38. The molecule has 3 rings (SSSR count). The molecule has 0 bridgehead atoms. The molecule has 1 atom stereocenters. The molecule has 1 aliphatic heterocycles. The molecule has 2 N–H and O–H groups in total. The molecule has 2 aromatic rings. The molecule has 26 heavy (non-hydrogen) atoms. The molecule has 0 radical (unpaired) electrons. The average molecular weight is 354 g/mol. The summed E-state index contributed by atoms with van der Waals surface area (Å²) in [6, 6.07) is 15.6. The molecule has 0 aromatic heterocycles. The van der Waals surface area contributed by atoms with Gasteiger partial charge < -0.3 is 20.1 Å². The van der Waals surface area contributed by atoms with Crippen LogP contribution in [0.1, 0.15) is 37.4 Å². The highest BCUT2D eigenvalue weighted by molar-refractivity contribution is 5.74. The lowest BCUT2D eigenvalue weighted by Crippen LogP contribution is -2.39. The van der Waals surface area contributed by atoms with Crippen LogP contribution >= 0.6 is 0 Å². The minimum Gasteiger partial charge on any atom is -0.490 e. The Morgan fingerprint density at radius 1 is 1.04 bits per heavy atom. The number of fused-ring (bicyclic) bond motifs is 1. The monoisotopic (exact) mass is 354 g/mol. The van der Waals surface area contributed by atoms with Gasteiger partial charge in [-0.15, -0.1) is 0 Å². The number of benzene rings is 2. The van der Waals surface area contributed by atoms with E-state index in [0.29, 0.717) is 25.7 Å². The van der Waals surface area contributed by atoms with Crippen molar-refractivity contribution in [3.05, 3.63) is 59.7 Å². The van der Waals surface area contributed by atoms with Crippen molar-refractivity contribution in [2.24, 2.45) is 5.92 Å². The number of nitrogens with one attached hydrogen (secondary N) is 2. The normalized spacial score (nSPS) is 14.4. The van der Waals surface area contributed by atoms with Crippen LogP contribution in [0.25, 0.3) is 0 Å². The van der Waals surface area contributed by atoms with E-state index in [1.165, 1.54) is 0 Å². The van der Waals surface area contributed by atoms with Gasteiger partial charge in [0.2, 0.25) is 0 Å². The predicted octanol–water partition coefficient (Wildman–Crippen LogP) is 4.04. The van der Waals surface area contributed by atoms with Crippen LogP contribution in [0.2, 0.25) is 0 Å². The summed E-state index contributed by atoms with van der Waals surface area (Å²) in [6.45, 7) is 5.95. The van der Waals surface area contributed by atoms with Crippen LogP contribution in [0, 0.1) is 5.92 Å². The molecule has 0 saturated heterocycles. The molecular formula is C21H26N2O3. The van der Waals surface area contributed by atoms with Gasteiger partial charge in [0.05, 0.1) is 19.3 Å². The summed E-state index contributed by atoms with van der Waals surface area (Å²) in [5.41, 5.74) is 2.08.